The highest BCUT2D eigenvalue weighted by Crippen LogP contribution is 2.39. The fraction of sp³-hybridized carbons (Fsp3) is 0.455. The summed E-state index contributed by atoms with van der Waals surface area (Å²) >= 11 is 0. The Morgan fingerprint density at radius 1 is 1.04 bits per heavy atom. The lowest BCUT2D eigenvalue weighted by Crippen LogP contribution is -2.01. The van der Waals surface area contributed by atoms with Gasteiger partial charge in [0.1, 0.15) is 0 Å². The first kappa shape index (κ1) is 18.4. The summed E-state index contributed by atoms with van der Waals surface area (Å²) in [5.74, 6) is 0.983. The summed E-state index contributed by atoms with van der Waals surface area (Å²) in [5, 5.41) is 12.6. The zero-order valence-corrected chi connectivity index (χ0v) is 15.1. The van der Waals surface area contributed by atoms with Crippen LogP contribution in [0.4, 0.5) is 0 Å². The van der Waals surface area contributed by atoms with Crippen molar-refractivity contribution in [3.05, 3.63) is 48.0 Å². The van der Waals surface area contributed by atoms with Crippen molar-refractivity contribution < 1.29 is 9.84 Å². The summed E-state index contributed by atoms with van der Waals surface area (Å²) in [4.78, 5) is 0. The summed E-state index contributed by atoms with van der Waals surface area (Å²) in [6.07, 6.45) is 12.0. The van der Waals surface area contributed by atoms with E-state index in [9.17, 15) is 5.11 Å². The molecular weight excluding hydrogens is 296 g/mol. The Kier molecular flexibility index (Phi) is 7.67. The maximum absolute atomic E-state index is 10.7. The largest absolute Gasteiger partial charge is 0.504 e. The van der Waals surface area contributed by atoms with Gasteiger partial charge in [-0.3, -0.25) is 0 Å². The van der Waals surface area contributed by atoms with Crippen molar-refractivity contribution in [2.45, 2.75) is 58.8 Å². The van der Waals surface area contributed by atoms with Crippen molar-refractivity contribution >= 4 is 10.8 Å². The third kappa shape index (κ3) is 5.02. The van der Waals surface area contributed by atoms with Gasteiger partial charge < -0.3 is 9.84 Å². The van der Waals surface area contributed by atoms with Gasteiger partial charge in [0.25, 0.3) is 0 Å². The minimum absolute atomic E-state index is 0.296. The molecule has 0 saturated heterocycles. The van der Waals surface area contributed by atoms with Gasteiger partial charge in [0.15, 0.2) is 11.5 Å². The van der Waals surface area contributed by atoms with Crippen LogP contribution in [0.15, 0.2) is 42.5 Å². The van der Waals surface area contributed by atoms with Gasteiger partial charge >= 0.3 is 0 Å². The summed E-state index contributed by atoms with van der Waals surface area (Å²) in [7, 11) is 0. The highest BCUT2D eigenvalue weighted by atomic mass is 16.5. The monoisotopic (exact) mass is 326 g/mol. The van der Waals surface area contributed by atoms with Crippen LogP contribution in [0.5, 0.6) is 11.5 Å². The summed E-state index contributed by atoms with van der Waals surface area (Å²) in [6, 6.07) is 10.1. The van der Waals surface area contributed by atoms with Crippen molar-refractivity contribution in [3.8, 4) is 11.5 Å². The van der Waals surface area contributed by atoms with E-state index in [1.807, 2.05) is 24.3 Å². The van der Waals surface area contributed by atoms with Crippen LogP contribution in [0.3, 0.4) is 0 Å². The van der Waals surface area contributed by atoms with Crippen molar-refractivity contribution in [2.24, 2.45) is 0 Å². The van der Waals surface area contributed by atoms with Gasteiger partial charge in [0.2, 0.25) is 0 Å². The molecule has 0 aromatic heterocycles. The lowest BCUT2D eigenvalue weighted by Gasteiger charge is -2.15. The number of aryl methyl sites for hydroxylation is 1. The van der Waals surface area contributed by atoms with E-state index < -0.39 is 0 Å². The van der Waals surface area contributed by atoms with E-state index in [4.69, 9.17) is 4.74 Å². The Morgan fingerprint density at radius 2 is 1.88 bits per heavy atom. The average molecular weight is 326 g/mol. The van der Waals surface area contributed by atoms with Crippen LogP contribution in [0, 0.1) is 0 Å². The van der Waals surface area contributed by atoms with Crippen molar-refractivity contribution in [1.82, 2.24) is 0 Å². The minimum Gasteiger partial charge on any atom is -0.504 e. The molecule has 0 aliphatic heterocycles. The number of hydrogen-bond donors (Lipinski definition) is 1. The van der Waals surface area contributed by atoms with E-state index in [0.29, 0.717) is 18.1 Å². The molecule has 2 nitrogen and oxygen atoms in total. The first-order valence-corrected chi connectivity index (χ1v) is 9.29. The zero-order valence-electron chi connectivity index (χ0n) is 15.1. The molecule has 0 amide bonds. The topological polar surface area (TPSA) is 29.5 Å². The van der Waals surface area contributed by atoms with E-state index >= 15 is 0 Å². The first-order chi connectivity index (χ1) is 11.8. The zero-order chi connectivity index (χ0) is 17.2. The van der Waals surface area contributed by atoms with Crippen molar-refractivity contribution in [1.29, 1.82) is 0 Å². The fourth-order valence-corrected chi connectivity index (χ4v) is 2.90. The van der Waals surface area contributed by atoms with Crippen LogP contribution in [-0.4, -0.2) is 11.7 Å². The van der Waals surface area contributed by atoms with Crippen LogP contribution in [0.2, 0.25) is 0 Å². The van der Waals surface area contributed by atoms with E-state index in [1.54, 1.807) is 0 Å². The van der Waals surface area contributed by atoms with Crippen LogP contribution in [0.1, 0.15) is 57.9 Å². The number of aromatic hydroxyl groups is 1. The number of allylic oxidation sites excluding steroid dienone is 2. The Bertz CT molecular complexity index is 658. The quantitative estimate of drug-likeness (QED) is 0.404. The predicted octanol–water partition coefficient (Wildman–Crippen LogP) is 6.40. The molecule has 2 aromatic carbocycles. The molecular formula is C22H30O2. The normalized spacial score (nSPS) is 11.4. The molecule has 0 bridgehead atoms. The second kappa shape index (κ2) is 10.0. The van der Waals surface area contributed by atoms with Crippen molar-refractivity contribution in [3.63, 3.8) is 0 Å². The maximum Gasteiger partial charge on any atom is 0.165 e. The molecule has 2 aromatic rings. The molecule has 2 rings (SSSR count). The van der Waals surface area contributed by atoms with E-state index in [0.717, 1.165) is 61.3 Å². The van der Waals surface area contributed by atoms with Gasteiger partial charge in [-0.15, -0.1) is 0 Å². The molecule has 0 spiro atoms. The Hall–Kier alpha value is -1.96. The summed E-state index contributed by atoms with van der Waals surface area (Å²) in [5.41, 5.74) is 1.12. The van der Waals surface area contributed by atoms with Crippen molar-refractivity contribution in [2.75, 3.05) is 6.61 Å². The third-order valence-corrected chi connectivity index (χ3v) is 4.27. The number of hydrogen-bond acceptors (Lipinski definition) is 2. The number of ether oxygens (including phenoxy) is 1. The molecule has 0 aliphatic rings. The molecule has 0 unspecified atom stereocenters. The number of phenolic OH excluding ortho intramolecular Hbond substituents is 1. The standard InChI is InChI=1S/C22H30O2/c1-3-5-7-8-9-12-16-24-22-19(13-6-4-2)17-18-14-10-11-15-20(18)21(22)23/h5,7,10-11,14-15,17,23H,3-4,6,8-9,12-13,16H2,1-2H3. The summed E-state index contributed by atoms with van der Waals surface area (Å²) < 4.78 is 6.01. The Labute approximate surface area is 146 Å². The van der Waals surface area contributed by atoms with Gasteiger partial charge in [-0.1, -0.05) is 56.7 Å². The van der Waals surface area contributed by atoms with Gasteiger partial charge in [0, 0.05) is 5.39 Å². The van der Waals surface area contributed by atoms with E-state index in [2.05, 4.69) is 32.1 Å². The molecule has 0 radical (unpaired) electrons. The molecule has 0 fully saturated rings. The smallest absolute Gasteiger partial charge is 0.165 e. The third-order valence-electron chi connectivity index (χ3n) is 4.27. The molecule has 0 aliphatic carbocycles. The molecule has 0 atom stereocenters. The lowest BCUT2D eigenvalue weighted by atomic mass is 10.0. The molecule has 2 heteroatoms. The number of rotatable bonds is 10. The van der Waals surface area contributed by atoms with Gasteiger partial charge in [-0.2, -0.15) is 0 Å². The van der Waals surface area contributed by atoms with Crippen LogP contribution in [-0.2, 0) is 6.42 Å². The number of fused-ring (bicyclic) bond motifs is 1. The highest BCUT2D eigenvalue weighted by molar-refractivity contribution is 5.91. The average Bonchev–Trinajstić information content (AvgIpc) is 2.61. The SMILES string of the molecule is CCC=CCCCCOc1c(CCCC)cc2ccccc2c1O. The Balaban J connectivity index is 2.08. The van der Waals surface area contributed by atoms with Gasteiger partial charge in [-0.25, -0.2) is 0 Å². The fourth-order valence-electron chi connectivity index (χ4n) is 2.90. The number of unbranched alkanes of at least 4 members (excludes halogenated alkanes) is 3. The lowest BCUT2D eigenvalue weighted by molar-refractivity contribution is 0.289. The molecule has 0 saturated carbocycles. The second-order valence-electron chi connectivity index (χ2n) is 6.26. The van der Waals surface area contributed by atoms with E-state index in [1.165, 1.54) is 0 Å². The minimum atomic E-state index is 0.296. The molecule has 1 N–H and O–H groups in total. The first-order valence-electron chi connectivity index (χ1n) is 9.29. The second-order valence-corrected chi connectivity index (χ2v) is 6.26. The highest BCUT2D eigenvalue weighted by Gasteiger charge is 2.13. The maximum atomic E-state index is 10.7. The predicted molar refractivity (Wildman–Crippen MR) is 103 cm³/mol. The molecule has 24 heavy (non-hydrogen) atoms. The Morgan fingerprint density at radius 3 is 2.67 bits per heavy atom. The molecule has 0 heterocycles. The number of phenols is 1. The van der Waals surface area contributed by atoms with Crippen LogP contribution < -0.4 is 4.74 Å². The number of benzene rings is 2. The van der Waals surface area contributed by atoms with Crippen LogP contribution in [0.25, 0.3) is 10.8 Å². The summed E-state index contributed by atoms with van der Waals surface area (Å²) in [6.45, 7) is 5.00. The van der Waals surface area contributed by atoms with Gasteiger partial charge in [0.05, 0.1) is 6.61 Å². The van der Waals surface area contributed by atoms with Crippen LogP contribution >= 0.6 is 0 Å². The van der Waals surface area contributed by atoms with Gasteiger partial charge in [-0.05, 0) is 55.5 Å². The molecule has 130 valence electrons. The van der Waals surface area contributed by atoms with E-state index in [-0.39, 0.29) is 0 Å².